The first-order valence-electron chi connectivity index (χ1n) is 33.3. The van der Waals surface area contributed by atoms with Gasteiger partial charge in [0.15, 0.2) is 18.9 Å². The van der Waals surface area contributed by atoms with Crippen LogP contribution in [0.3, 0.4) is 0 Å². The SMILES string of the molecule is COCCCCCCNC(=O)CCCC(=O)NC(CCC(=O)CCCCCCCO[C@@H]1OC(CO)[C@H](O)[C@H](O)C1C)(CCC(=O)NCCCCCCO[C@@H]1OC(CO)[C@H](O)[C@H](O)C1C)CCC(=O)NCCCCCCO[C@@H]1OC(CO)[C@H](O)[C@H](O)C1NC(C)=O. The molecule has 0 saturated carbocycles. The number of carbonyl (C=O) groups excluding carboxylic acids is 6. The average Bonchev–Trinajstić information content (AvgIpc) is 1.24. The molecule has 0 spiro atoms. The van der Waals surface area contributed by atoms with Crippen LogP contribution in [-0.4, -0.2) is 240 Å². The second kappa shape index (κ2) is 46.5. The van der Waals surface area contributed by atoms with Crippen LogP contribution in [0.15, 0.2) is 0 Å². The number of hydrogen-bond acceptors (Lipinski definition) is 22. The van der Waals surface area contributed by atoms with Gasteiger partial charge in [0.2, 0.25) is 29.5 Å². The highest BCUT2D eigenvalue weighted by atomic mass is 16.7. The largest absolute Gasteiger partial charge is 0.394 e. The van der Waals surface area contributed by atoms with Gasteiger partial charge in [-0.3, -0.25) is 28.8 Å². The Morgan fingerprint density at radius 2 is 0.778 bits per heavy atom. The number of rotatable bonds is 50. The van der Waals surface area contributed by atoms with E-state index in [-0.39, 0.29) is 100 Å². The molecule has 90 heavy (non-hydrogen) atoms. The standard InChI is InChI=1S/C63H115N5O22/c1-42-54(78)56(80)46(39-69)88-60(42)85-36-19-10-5-6-14-23-45(73)26-29-63(68-52(77)25-22-24-49(74)64-32-15-7-11-18-35-84-4,30-27-50(75)65-33-16-8-12-20-37-86-61-43(2)55(79)57(81)47(40-70)89-61)31-28-51(76)66-34-17-9-13-21-38-87-62-53(67-44(3)72)59(83)58(82)48(41-71)90-62/h42-43,46-48,53-62,69-71,78-83H,5-41H2,1-4H3,(H,64,74)(H,65,75)(H,66,76)(H,67,72)(H,68,77)/t42?,43?,46?,47?,48?,53?,54-,55-,56+,57+,58+,59-,60-,61-,62-,63?/m1/s1. The van der Waals surface area contributed by atoms with Gasteiger partial charge in [-0.25, -0.2) is 0 Å². The van der Waals surface area contributed by atoms with Crippen LogP contribution in [0.1, 0.15) is 194 Å². The van der Waals surface area contributed by atoms with E-state index in [9.17, 15) is 74.7 Å². The van der Waals surface area contributed by atoms with Crippen molar-refractivity contribution in [3.63, 3.8) is 0 Å². The van der Waals surface area contributed by atoms with Gasteiger partial charge in [-0.2, -0.15) is 0 Å². The van der Waals surface area contributed by atoms with Gasteiger partial charge in [0.1, 0.15) is 54.6 Å². The fourth-order valence-electron chi connectivity index (χ4n) is 11.4. The van der Waals surface area contributed by atoms with E-state index in [0.29, 0.717) is 90.8 Å². The maximum atomic E-state index is 13.9. The van der Waals surface area contributed by atoms with Crippen LogP contribution >= 0.6 is 0 Å². The van der Waals surface area contributed by atoms with Crippen molar-refractivity contribution in [1.29, 1.82) is 0 Å². The molecule has 0 aromatic heterocycles. The molecular weight excluding hydrogens is 1180 g/mol. The quantitative estimate of drug-likeness (QED) is 0.0379. The van der Waals surface area contributed by atoms with E-state index in [1.165, 1.54) is 6.92 Å². The summed E-state index contributed by atoms with van der Waals surface area (Å²) in [6.45, 7) is 5.99. The predicted molar refractivity (Wildman–Crippen MR) is 329 cm³/mol. The highest BCUT2D eigenvalue weighted by Crippen LogP contribution is 2.30. The number of nitrogens with one attached hydrogen (secondary N) is 5. The van der Waals surface area contributed by atoms with Gasteiger partial charge in [-0.15, -0.1) is 0 Å². The average molecular weight is 1290 g/mol. The van der Waals surface area contributed by atoms with Crippen LogP contribution in [0.4, 0.5) is 0 Å². The molecule has 3 saturated heterocycles. The minimum atomic E-state index is -1.43. The second-order valence-electron chi connectivity index (χ2n) is 24.7. The summed E-state index contributed by atoms with van der Waals surface area (Å²) in [5, 5.41) is 105. The number of aliphatic hydroxyl groups excluding tert-OH is 9. The van der Waals surface area contributed by atoms with E-state index < -0.39 is 123 Å². The highest BCUT2D eigenvalue weighted by Gasteiger charge is 2.46. The second-order valence-corrected chi connectivity index (χ2v) is 24.7. The van der Waals surface area contributed by atoms with Crippen LogP contribution < -0.4 is 26.6 Å². The summed E-state index contributed by atoms with van der Waals surface area (Å²) in [6, 6.07) is -1.05. The lowest BCUT2D eigenvalue weighted by Gasteiger charge is -2.42. The molecule has 3 fully saturated rings. The smallest absolute Gasteiger partial charge is 0.220 e. The van der Waals surface area contributed by atoms with Crippen molar-refractivity contribution >= 4 is 35.3 Å². The summed E-state index contributed by atoms with van der Waals surface area (Å²) in [5.41, 5.74) is -1.14. The molecule has 0 bridgehead atoms. The Balaban J connectivity index is 1.61. The fraction of sp³-hybridized carbons (Fsp3) is 0.905. The number of amides is 5. The Labute approximate surface area is 532 Å². The number of ether oxygens (including phenoxy) is 7. The number of aliphatic hydroxyl groups is 9. The number of hydrogen-bond donors (Lipinski definition) is 14. The Morgan fingerprint density at radius 3 is 1.22 bits per heavy atom. The van der Waals surface area contributed by atoms with E-state index in [0.717, 1.165) is 57.8 Å². The van der Waals surface area contributed by atoms with Gasteiger partial charge in [-0.1, -0.05) is 71.6 Å². The summed E-state index contributed by atoms with van der Waals surface area (Å²) in [4.78, 5) is 79.3. The topological polar surface area (TPSA) is 409 Å². The Hall–Kier alpha value is -3.62. The van der Waals surface area contributed by atoms with Crippen molar-refractivity contribution in [3.05, 3.63) is 0 Å². The first kappa shape index (κ1) is 80.6. The first-order valence-corrected chi connectivity index (χ1v) is 33.3. The van der Waals surface area contributed by atoms with Crippen LogP contribution in [0.25, 0.3) is 0 Å². The molecule has 7 unspecified atom stereocenters. The molecule has 27 heteroatoms. The normalized spacial score (nSPS) is 27.5. The molecule has 0 aromatic carbocycles. The van der Waals surface area contributed by atoms with E-state index in [1.807, 2.05) is 0 Å². The van der Waals surface area contributed by atoms with Crippen LogP contribution in [-0.2, 0) is 61.9 Å². The van der Waals surface area contributed by atoms with E-state index in [4.69, 9.17) is 33.2 Å². The summed E-state index contributed by atoms with van der Waals surface area (Å²) in [7, 11) is 1.66. The van der Waals surface area contributed by atoms with Gasteiger partial charge >= 0.3 is 0 Å². The van der Waals surface area contributed by atoms with Gasteiger partial charge in [0.25, 0.3) is 0 Å². The summed E-state index contributed by atoms with van der Waals surface area (Å²) in [5.74, 6) is -2.57. The van der Waals surface area contributed by atoms with Crippen molar-refractivity contribution < 1.29 is 108 Å². The maximum Gasteiger partial charge on any atom is 0.220 e. The van der Waals surface area contributed by atoms with Crippen molar-refractivity contribution in [2.75, 3.05) is 73.0 Å². The minimum Gasteiger partial charge on any atom is -0.394 e. The predicted octanol–water partition coefficient (Wildman–Crippen LogP) is 1.08. The molecule has 5 amide bonds. The van der Waals surface area contributed by atoms with Crippen molar-refractivity contribution in [3.8, 4) is 0 Å². The lowest BCUT2D eigenvalue weighted by Crippen LogP contribution is -2.64. The number of carbonyl (C=O) groups is 6. The molecule has 3 aliphatic heterocycles. The van der Waals surface area contributed by atoms with E-state index in [1.54, 1.807) is 21.0 Å². The van der Waals surface area contributed by atoms with Crippen LogP contribution in [0.2, 0.25) is 0 Å². The molecule has 524 valence electrons. The van der Waals surface area contributed by atoms with E-state index in [2.05, 4.69) is 26.6 Å². The first-order chi connectivity index (χ1) is 43.2. The zero-order chi connectivity index (χ0) is 66.3. The van der Waals surface area contributed by atoms with Gasteiger partial charge in [0.05, 0.1) is 32.0 Å². The third-order valence-electron chi connectivity index (χ3n) is 17.2. The zero-order valence-electron chi connectivity index (χ0n) is 54.2. The summed E-state index contributed by atoms with van der Waals surface area (Å²) >= 11 is 0. The Kier molecular flexibility index (Phi) is 41.6. The molecule has 16 atom stereocenters. The lowest BCUT2D eigenvalue weighted by atomic mass is 9.82. The molecule has 0 radical (unpaired) electrons. The summed E-state index contributed by atoms with van der Waals surface area (Å²) in [6.07, 6.45) is 0.846. The molecule has 3 heterocycles. The molecule has 0 aromatic rings. The van der Waals surface area contributed by atoms with Crippen molar-refractivity contribution in [2.24, 2.45) is 11.8 Å². The lowest BCUT2D eigenvalue weighted by molar-refractivity contribution is -0.282. The summed E-state index contributed by atoms with van der Waals surface area (Å²) < 4.78 is 39.5. The molecule has 27 nitrogen and oxygen atoms in total. The van der Waals surface area contributed by atoms with Gasteiger partial charge in [-0.05, 0) is 77.0 Å². The fourth-order valence-corrected chi connectivity index (χ4v) is 11.4. The number of ketones is 1. The van der Waals surface area contributed by atoms with Crippen LogP contribution in [0.5, 0.6) is 0 Å². The highest BCUT2D eigenvalue weighted by molar-refractivity contribution is 5.81. The van der Waals surface area contributed by atoms with Crippen molar-refractivity contribution in [2.45, 2.75) is 280 Å². The van der Waals surface area contributed by atoms with Crippen molar-refractivity contribution in [1.82, 2.24) is 26.6 Å². The van der Waals surface area contributed by atoms with Crippen LogP contribution in [0, 0.1) is 11.8 Å². The van der Waals surface area contributed by atoms with Gasteiger partial charge < -0.3 is 106 Å². The Bertz CT molecular complexity index is 1930. The number of unbranched alkanes of at least 4 members (excludes halogenated alkanes) is 13. The van der Waals surface area contributed by atoms with Gasteiger partial charge in [0, 0.05) is 116 Å². The molecular formula is C63H115N5O22. The molecule has 14 N–H and O–H groups in total. The molecule has 0 aliphatic carbocycles. The third-order valence-corrected chi connectivity index (χ3v) is 17.2. The Morgan fingerprint density at radius 1 is 0.411 bits per heavy atom. The maximum absolute atomic E-state index is 13.9. The molecule has 3 rings (SSSR count). The zero-order valence-corrected chi connectivity index (χ0v) is 54.2. The molecule has 3 aliphatic rings. The van der Waals surface area contributed by atoms with E-state index >= 15 is 0 Å². The number of methoxy groups -OCH3 is 1. The monoisotopic (exact) mass is 1290 g/mol. The third kappa shape index (κ3) is 31.1. The minimum absolute atomic E-state index is 0.000598. The number of Topliss-reactive ketones (excluding diaryl/α,β-unsaturated/α-hetero) is 1.